The lowest BCUT2D eigenvalue weighted by Gasteiger charge is -2.14. The van der Waals surface area contributed by atoms with E-state index in [9.17, 15) is 0 Å². The summed E-state index contributed by atoms with van der Waals surface area (Å²) in [7, 11) is 0. The monoisotopic (exact) mass is 283 g/mol. The highest BCUT2D eigenvalue weighted by atomic mass is 35.5. The van der Waals surface area contributed by atoms with Gasteiger partial charge in [0.2, 0.25) is 0 Å². The second kappa shape index (κ2) is 5.91. The maximum Gasteiger partial charge on any atom is 0.0563 e. The molecule has 2 rings (SSSR count). The molecule has 0 bridgehead atoms. The van der Waals surface area contributed by atoms with E-state index in [2.05, 4.69) is 18.4 Å². The molecule has 0 aliphatic heterocycles. The van der Waals surface area contributed by atoms with Gasteiger partial charge >= 0.3 is 0 Å². The molecule has 17 heavy (non-hydrogen) atoms. The molecule has 1 unspecified atom stereocenters. The number of halogens is 1. The molecule has 0 aliphatic rings. The maximum absolute atomic E-state index is 5.87. The summed E-state index contributed by atoms with van der Waals surface area (Å²) in [6.45, 7) is 2.78. The minimum absolute atomic E-state index is 0.330. The van der Waals surface area contributed by atoms with Crippen LogP contribution in [0.5, 0.6) is 0 Å². The van der Waals surface area contributed by atoms with Crippen molar-refractivity contribution in [3.05, 3.63) is 51.2 Å². The molecule has 1 atom stereocenters. The third-order valence-electron chi connectivity index (χ3n) is 2.50. The van der Waals surface area contributed by atoms with Crippen molar-refractivity contribution >= 4 is 34.7 Å². The van der Waals surface area contributed by atoms with Crippen molar-refractivity contribution in [2.24, 2.45) is 5.73 Å². The molecule has 0 radical (unpaired) electrons. The molecule has 0 saturated heterocycles. The maximum atomic E-state index is 5.87. The quantitative estimate of drug-likeness (QED) is 0.836. The van der Waals surface area contributed by atoms with E-state index in [0.29, 0.717) is 11.8 Å². The fourth-order valence-corrected chi connectivity index (χ4v) is 3.97. The molecule has 2 N–H and O–H groups in total. The number of nitrogens with two attached hydrogens (primary N) is 1. The molecular weight excluding hydrogens is 270 g/mol. The fourth-order valence-electron chi connectivity index (χ4n) is 1.60. The van der Waals surface area contributed by atoms with Crippen LogP contribution in [0.3, 0.4) is 0 Å². The Bertz CT molecular complexity index is 478. The van der Waals surface area contributed by atoms with Crippen molar-refractivity contribution in [2.45, 2.75) is 17.1 Å². The summed E-state index contributed by atoms with van der Waals surface area (Å²) in [5.41, 5.74) is 7.20. The highest BCUT2D eigenvalue weighted by molar-refractivity contribution is 7.99. The average molecular weight is 284 g/mol. The summed E-state index contributed by atoms with van der Waals surface area (Å²) in [6.07, 6.45) is 0. The van der Waals surface area contributed by atoms with Crippen LogP contribution in [0.25, 0.3) is 0 Å². The first-order chi connectivity index (χ1) is 8.20. The molecule has 4 heteroatoms. The predicted octanol–water partition coefficient (Wildman–Crippen LogP) is 4.50. The average Bonchev–Trinajstić information content (AvgIpc) is 2.75. The van der Waals surface area contributed by atoms with E-state index in [1.54, 1.807) is 23.1 Å². The van der Waals surface area contributed by atoms with Gasteiger partial charge in [-0.1, -0.05) is 11.6 Å². The Morgan fingerprint density at radius 3 is 2.53 bits per heavy atom. The zero-order chi connectivity index (χ0) is 12.3. The Labute approximate surface area is 115 Å². The number of rotatable bonds is 4. The normalized spacial score (nSPS) is 12.6. The van der Waals surface area contributed by atoms with Gasteiger partial charge in [-0.05, 0) is 48.2 Å². The first-order valence-electron chi connectivity index (χ1n) is 5.37. The lowest BCUT2D eigenvalue weighted by molar-refractivity contribution is 0.952. The van der Waals surface area contributed by atoms with E-state index >= 15 is 0 Å². The lowest BCUT2D eigenvalue weighted by atomic mass is 10.2. The van der Waals surface area contributed by atoms with Crippen molar-refractivity contribution in [1.29, 1.82) is 0 Å². The summed E-state index contributed by atoms with van der Waals surface area (Å²) in [6, 6.07) is 10.1. The van der Waals surface area contributed by atoms with Gasteiger partial charge in [-0.3, -0.25) is 0 Å². The van der Waals surface area contributed by atoms with Crippen LogP contribution in [0, 0.1) is 6.92 Å². The van der Waals surface area contributed by atoms with Crippen LogP contribution in [0.15, 0.2) is 40.6 Å². The van der Waals surface area contributed by atoms with Gasteiger partial charge in [-0.25, -0.2) is 0 Å². The van der Waals surface area contributed by atoms with Crippen LogP contribution in [0.2, 0.25) is 5.02 Å². The summed E-state index contributed by atoms with van der Waals surface area (Å²) >= 11 is 9.45. The molecule has 0 spiro atoms. The third-order valence-corrected chi connectivity index (χ3v) is 5.29. The van der Waals surface area contributed by atoms with Gasteiger partial charge in [0.05, 0.1) is 5.25 Å². The molecule has 1 aromatic heterocycles. The second-order valence-corrected chi connectivity index (χ2v) is 6.42. The first kappa shape index (κ1) is 13.0. The lowest BCUT2D eigenvalue weighted by Crippen LogP contribution is -2.08. The van der Waals surface area contributed by atoms with Crippen LogP contribution < -0.4 is 5.73 Å². The second-order valence-electron chi connectivity index (χ2n) is 3.76. The van der Waals surface area contributed by atoms with E-state index in [1.165, 1.54) is 15.3 Å². The molecule has 0 amide bonds. The summed E-state index contributed by atoms with van der Waals surface area (Å²) in [5, 5.41) is 3.22. The summed E-state index contributed by atoms with van der Waals surface area (Å²) in [5.74, 6) is 0. The van der Waals surface area contributed by atoms with E-state index in [1.807, 2.05) is 24.3 Å². The van der Waals surface area contributed by atoms with E-state index in [0.717, 1.165) is 5.02 Å². The van der Waals surface area contributed by atoms with E-state index < -0.39 is 0 Å². The van der Waals surface area contributed by atoms with Crippen LogP contribution in [0.4, 0.5) is 0 Å². The molecular formula is C13H14ClNS2. The highest BCUT2D eigenvalue weighted by Gasteiger charge is 2.14. The molecule has 1 nitrogen and oxygen atoms in total. The molecule has 0 fully saturated rings. The number of thiophene rings is 1. The van der Waals surface area contributed by atoms with Crippen molar-refractivity contribution < 1.29 is 0 Å². The van der Waals surface area contributed by atoms with Gasteiger partial charge in [0, 0.05) is 21.3 Å². The number of thioether (sulfide) groups is 1. The van der Waals surface area contributed by atoms with E-state index in [4.69, 9.17) is 17.3 Å². The molecule has 90 valence electrons. The molecule has 0 saturated carbocycles. The standard InChI is InChI=1S/C13H14ClNS2/c1-9-6-7-16-13(9)12(8-15)17-11-4-2-10(14)3-5-11/h2-7,12H,8,15H2,1H3. The zero-order valence-electron chi connectivity index (χ0n) is 9.52. The Morgan fingerprint density at radius 2 is 2.00 bits per heavy atom. The van der Waals surface area contributed by atoms with Crippen LogP contribution in [-0.2, 0) is 0 Å². The summed E-state index contributed by atoms with van der Waals surface area (Å²) < 4.78 is 0. The Hall–Kier alpha value is -0.480. The summed E-state index contributed by atoms with van der Waals surface area (Å²) in [4.78, 5) is 2.57. The molecule has 1 heterocycles. The van der Waals surface area contributed by atoms with Gasteiger partial charge in [-0.2, -0.15) is 0 Å². The SMILES string of the molecule is Cc1ccsc1C(CN)Sc1ccc(Cl)cc1. The van der Waals surface area contributed by atoms with Gasteiger partial charge in [0.15, 0.2) is 0 Å². The number of hydrogen-bond donors (Lipinski definition) is 1. The Balaban J connectivity index is 2.16. The van der Waals surface area contributed by atoms with Gasteiger partial charge in [-0.15, -0.1) is 23.1 Å². The van der Waals surface area contributed by atoms with Crippen molar-refractivity contribution in [1.82, 2.24) is 0 Å². The third kappa shape index (κ3) is 3.26. The molecule has 2 aromatic rings. The number of benzene rings is 1. The number of hydrogen-bond acceptors (Lipinski definition) is 3. The smallest absolute Gasteiger partial charge is 0.0563 e. The van der Waals surface area contributed by atoms with Crippen molar-refractivity contribution in [3.63, 3.8) is 0 Å². The Kier molecular flexibility index (Phi) is 4.51. The fraction of sp³-hybridized carbons (Fsp3) is 0.231. The first-order valence-corrected chi connectivity index (χ1v) is 7.50. The number of aryl methyl sites for hydroxylation is 1. The topological polar surface area (TPSA) is 26.0 Å². The van der Waals surface area contributed by atoms with Gasteiger partial charge in [0.25, 0.3) is 0 Å². The van der Waals surface area contributed by atoms with Crippen molar-refractivity contribution in [3.8, 4) is 0 Å². The van der Waals surface area contributed by atoms with Gasteiger partial charge < -0.3 is 5.73 Å². The largest absolute Gasteiger partial charge is 0.329 e. The van der Waals surface area contributed by atoms with E-state index in [-0.39, 0.29) is 0 Å². The predicted molar refractivity (Wildman–Crippen MR) is 78.2 cm³/mol. The highest BCUT2D eigenvalue weighted by Crippen LogP contribution is 2.38. The van der Waals surface area contributed by atoms with Crippen LogP contribution >= 0.6 is 34.7 Å². The van der Waals surface area contributed by atoms with Gasteiger partial charge in [0.1, 0.15) is 0 Å². The van der Waals surface area contributed by atoms with Crippen LogP contribution in [-0.4, -0.2) is 6.54 Å². The Morgan fingerprint density at radius 1 is 1.29 bits per heavy atom. The van der Waals surface area contributed by atoms with Crippen molar-refractivity contribution in [2.75, 3.05) is 6.54 Å². The van der Waals surface area contributed by atoms with Crippen LogP contribution in [0.1, 0.15) is 15.7 Å². The zero-order valence-corrected chi connectivity index (χ0v) is 11.9. The minimum Gasteiger partial charge on any atom is -0.329 e. The molecule has 0 aliphatic carbocycles. The minimum atomic E-state index is 0.330. The molecule has 1 aromatic carbocycles.